The largest absolute Gasteiger partial charge is 0.450 e. The average molecular weight is 350 g/mol. The van der Waals surface area contributed by atoms with Crippen LogP contribution in [0.15, 0.2) is 23.2 Å². The maximum absolute atomic E-state index is 13.3. The van der Waals surface area contributed by atoms with Crippen molar-refractivity contribution in [2.24, 2.45) is 10.9 Å². The molecular formula is C18H27FN4O2. The highest BCUT2D eigenvalue weighted by atomic mass is 19.1. The molecule has 0 heterocycles. The van der Waals surface area contributed by atoms with Gasteiger partial charge in [-0.2, -0.15) is 0 Å². The Kier molecular flexibility index (Phi) is 7.03. The Morgan fingerprint density at radius 2 is 2.16 bits per heavy atom. The predicted octanol–water partition coefficient (Wildman–Crippen LogP) is 2.32. The summed E-state index contributed by atoms with van der Waals surface area (Å²) in [5, 5.41) is 9.33. The van der Waals surface area contributed by atoms with E-state index < -0.39 is 0 Å². The van der Waals surface area contributed by atoms with Gasteiger partial charge in [-0.05, 0) is 49.8 Å². The monoisotopic (exact) mass is 350 g/mol. The second kappa shape index (κ2) is 9.25. The number of amides is 1. The lowest BCUT2D eigenvalue weighted by molar-refractivity contribution is 0.146. The van der Waals surface area contributed by atoms with Crippen molar-refractivity contribution in [3.05, 3.63) is 35.1 Å². The predicted molar refractivity (Wildman–Crippen MR) is 96.0 cm³/mol. The molecule has 1 aliphatic carbocycles. The molecule has 0 saturated heterocycles. The van der Waals surface area contributed by atoms with Gasteiger partial charge in [0.25, 0.3) is 0 Å². The van der Waals surface area contributed by atoms with E-state index in [0.717, 1.165) is 18.4 Å². The van der Waals surface area contributed by atoms with E-state index >= 15 is 0 Å². The van der Waals surface area contributed by atoms with Crippen molar-refractivity contribution in [3.63, 3.8) is 0 Å². The van der Waals surface area contributed by atoms with Crippen LogP contribution in [0.1, 0.15) is 30.9 Å². The number of benzene rings is 1. The Morgan fingerprint density at radius 3 is 2.76 bits per heavy atom. The maximum Gasteiger partial charge on any atom is 0.407 e. The third-order valence-electron chi connectivity index (χ3n) is 4.17. The van der Waals surface area contributed by atoms with E-state index in [1.54, 1.807) is 27.0 Å². The number of carbonyl (C=O) groups excluding carboxylic acids is 1. The third kappa shape index (κ3) is 6.25. The Bertz CT molecular complexity index is 617. The Balaban J connectivity index is 1.81. The van der Waals surface area contributed by atoms with Gasteiger partial charge in [0, 0.05) is 20.1 Å². The molecule has 1 aromatic carbocycles. The molecule has 25 heavy (non-hydrogen) atoms. The molecule has 6 nitrogen and oxygen atoms in total. The molecule has 0 spiro atoms. The first kappa shape index (κ1) is 19.0. The maximum atomic E-state index is 13.3. The van der Waals surface area contributed by atoms with Gasteiger partial charge in [0.05, 0.1) is 12.6 Å². The average Bonchev–Trinajstić information content (AvgIpc) is 3.42. The van der Waals surface area contributed by atoms with Crippen LogP contribution in [-0.2, 0) is 11.3 Å². The van der Waals surface area contributed by atoms with Gasteiger partial charge in [0.2, 0.25) is 0 Å². The number of ether oxygens (including phenoxy) is 1. The van der Waals surface area contributed by atoms with Crippen molar-refractivity contribution >= 4 is 12.1 Å². The normalized spacial score (nSPS) is 15.4. The summed E-state index contributed by atoms with van der Waals surface area (Å²) < 4.78 is 18.3. The molecule has 1 amide bonds. The topological polar surface area (TPSA) is 74.8 Å². The highest BCUT2D eigenvalue weighted by molar-refractivity contribution is 5.79. The minimum atomic E-state index is -0.383. The van der Waals surface area contributed by atoms with Crippen LogP contribution in [0.2, 0.25) is 0 Å². The number of nitrogens with one attached hydrogen (secondary N) is 3. The molecule has 0 aromatic heterocycles. The summed E-state index contributed by atoms with van der Waals surface area (Å²) in [5.74, 6) is 0.914. The van der Waals surface area contributed by atoms with Crippen LogP contribution in [0.25, 0.3) is 0 Å². The van der Waals surface area contributed by atoms with Crippen LogP contribution in [-0.4, -0.2) is 38.3 Å². The standard InChI is InChI=1S/C18H27FN4O2/c1-4-25-18(24)23-16(14-6-7-14)11-22-17(20-3)21-10-13-5-8-15(19)12(2)9-13/h5,8-9,14,16H,4,6-7,10-11H2,1-3H3,(H,23,24)(H2,20,21,22). The molecule has 0 aliphatic heterocycles. The van der Waals surface area contributed by atoms with Crippen LogP contribution in [0, 0.1) is 18.7 Å². The number of rotatable bonds is 7. The number of hydrogen-bond donors (Lipinski definition) is 3. The van der Waals surface area contributed by atoms with Gasteiger partial charge in [-0.1, -0.05) is 12.1 Å². The number of aliphatic imine (C=N–C) groups is 1. The summed E-state index contributed by atoms with van der Waals surface area (Å²) in [7, 11) is 1.69. The minimum absolute atomic E-state index is 0.0191. The molecule has 1 saturated carbocycles. The minimum Gasteiger partial charge on any atom is -0.450 e. The lowest BCUT2D eigenvalue weighted by Crippen LogP contribution is -2.48. The van der Waals surface area contributed by atoms with Crippen LogP contribution >= 0.6 is 0 Å². The fourth-order valence-electron chi connectivity index (χ4n) is 2.59. The van der Waals surface area contributed by atoms with Gasteiger partial charge in [-0.15, -0.1) is 0 Å². The van der Waals surface area contributed by atoms with Gasteiger partial charge in [-0.3, -0.25) is 4.99 Å². The van der Waals surface area contributed by atoms with E-state index in [4.69, 9.17) is 4.74 Å². The zero-order chi connectivity index (χ0) is 18.2. The summed E-state index contributed by atoms with van der Waals surface area (Å²) in [6.45, 7) is 5.00. The van der Waals surface area contributed by atoms with Crippen molar-refractivity contribution in [1.82, 2.24) is 16.0 Å². The van der Waals surface area contributed by atoms with Gasteiger partial charge < -0.3 is 20.7 Å². The number of alkyl carbamates (subject to hydrolysis) is 1. The number of carbonyl (C=O) groups is 1. The van der Waals surface area contributed by atoms with Crippen molar-refractivity contribution < 1.29 is 13.9 Å². The zero-order valence-corrected chi connectivity index (χ0v) is 15.1. The van der Waals surface area contributed by atoms with Gasteiger partial charge in [0.15, 0.2) is 5.96 Å². The molecule has 7 heteroatoms. The van der Waals surface area contributed by atoms with E-state index in [-0.39, 0.29) is 18.0 Å². The lowest BCUT2D eigenvalue weighted by atomic mass is 10.1. The third-order valence-corrected chi connectivity index (χ3v) is 4.17. The van der Waals surface area contributed by atoms with Gasteiger partial charge in [0.1, 0.15) is 5.82 Å². The Hall–Kier alpha value is -2.31. The van der Waals surface area contributed by atoms with Crippen molar-refractivity contribution in [1.29, 1.82) is 0 Å². The molecule has 1 atom stereocenters. The molecule has 0 radical (unpaired) electrons. The summed E-state index contributed by atoms with van der Waals surface area (Å²) in [6.07, 6.45) is 1.84. The molecular weight excluding hydrogens is 323 g/mol. The van der Waals surface area contributed by atoms with Crippen LogP contribution in [0.4, 0.5) is 9.18 Å². The molecule has 3 N–H and O–H groups in total. The molecule has 0 bridgehead atoms. The lowest BCUT2D eigenvalue weighted by Gasteiger charge is -2.20. The van der Waals surface area contributed by atoms with Crippen LogP contribution < -0.4 is 16.0 Å². The summed E-state index contributed by atoms with van der Waals surface area (Å²) in [5.41, 5.74) is 1.60. The van der Waals surface area contributed by atoms with E-state index in [9.17, 15) is 9.18 Å². The van der Waals surface area contributed by atoms with E-state index in [1.165, 1.54) is 6.07 Å². The highest BCUT2D eigenvalue weighted by Crippen LogP contribution is 2.32. The number of halogens is 1. The number of hydrogen-bond acceptors (Lipinski definition) is 3. The van der Waals surface area contributed by atoms with Crippen molar-refractivity contribution in [3.8, 4) is 0 Å². The second-order valence-corrected chi connectivity index (χ2v) is 6.20. The number of aryl methyl sites for hydroxylation is 1. The molecule has 1 unspecified atom stereocenters. The summed E-state index contributed by atoms with van der Waals surface area (Å²) in [4.78, 5) is 15.8. The van der Waals surface area contributed by atoms with Gasteiger partial charge in [-0.25, -0.2) is 9.18 Å². The van der Waals surface area contributed by atoms with Crippen LogP contribution in [0.3, 0.4) is 0 Å². The fraction of sp³-hybridized carbons (Fsp3) is 0.556. The quantitative estimate of drug-likeness (QED) is 0.521. The van der Waals surface area contributed by atoms with Crippen molar-refractivity contribution in [2.75, 3.05) is 20.2 Å². The Morgan fingerprint density at radius 1 is 1.40 bits per heavy atom. The highest BCUT2D eigenvalue weighted by Gasteiger charge is 2.32. The van der Waals surface area contributed by atoms with E-state index in [2.05, 4.69) is 20.9 Å². The first-order valence-electron chi connectivity index (χ1n) is 8.66. The molecule has 2 rings (SSSR count). The molecule has 1 fully saturated rings. The van der Waals surface area contributed by atoms with E-state index in [0.29, 0.717) is 37.1 Å². The SMILES string of the molecule is CCOC(=O)NC(CNC(=NC)NCc1ccc(F)c(C)c1)C1CC1. The second-order valence-electron chi connectivity index (χ2n) is 6.20. The molecule has 1 aliphatic rings. The smallest absolute Gasteiger partial charge is 0.407 e. The fourth-order valence-corrected chi connectivity index (χ4v) is 2.59. The van der Waals surface area contributed by atoms with E-state index in [1.807, 2.05) is 6.07 Å². The Labute approximate surface area is 148 Å². The summed E-state index contributed by atoms with van der Waals surface area (Å²) in [6, 6.07) is 5.04. The van der Waals surface area contributed by atoms with Crippen LogP contribution in [0.5, 0.6) is 0 Å². The van der Waals surface area contributed by atoms with Crippen molar-refractivity contribution in [2.45, 2.75) is 39.3 Å². The first-order valence-corrected chi connectivity index (χ1v) is 8.66. The zero-order valence-electron chi connectivity index (χ0n) is 15.1. The number of nitrogens with zero attached hydrogens (tertiary/aromatic N) is 1. The first-order chi connectivity index (χ1) is 12.0. The molecule has 138 valence electrons. The van der Waals surface area contributed by atoms with Gasteiger partial charge >= 0.3 is 6.09 Å². The molecule has 1 aromatic rings. The summed E-state index contributed by atoms with van der Waals surface area (Å²) >= 11 is 0. The number of guanidine groups is 1.